The minimum Gasteiger partial charge on any atom is -0.495 e. The van der Waals surface area contributed by atoms with E-state index in [1.165, 1.54) is 17.3 Å². The monoisotopic (exact) mass is 453 g/mol. The van der Waals surface area contributed by atoms with Crippen molar-refractivity contribution in [3.63, 3.8) is 0 Å². The molecule has 1 aromatic heterocycles. The zero-order valence-corrected chi connectivity index (χ0v) is 19.4. The summed E-state index contributed by atoms with van der Waals surface area (Å²) < 4.78 is 7.58. The summed E-state index contributed by atoms with van der Waals surface area (Å²) >= 11 is 7.55. The lowest BCUT2D eigenvalue weighted by molar-refractivity contribution is -0.116. The van der Waals surface area contributed by atoms with Gasteiger partial charge in [-0.3, -0.25) is 4.79 Å². The molecule has 0 saturated carbocycles. The van der Waals surface area contributed by atoms with Gasteiger partial charge in [0.15, 0.2) is 5.50 Å². The van der Waals surface area contributed by atoms with Gasteiger partial charge < -0.3 is 19.9 Å². The Kier molecular flexibility index (Phi) is 6.03. The molecule has 7 heteroatoms. The van der Waals surface area contributed by atoms with Crippen molar-refractivity contribution in [1.82, 2.24) is 9.88 Å². The van der Waals surface area contributed by atoms with Crippen LogP contribution in [0.15, 0.2) is 53.4 Å². The Morgan fingerprint density at radius 2 is 1.87 bits per heavy atom. The number of amides is 1. The summed E-state index contributed by atoms with van der Waals surface area (Å²) in [5, 5.41) is 6.84. The van der Waals surface area contributed by atoms with Crippen molar-refractivity contribution in [1.29, 1.82) is 0 Å². The number of benzene rings is 2. The summed E-state index contributed by atoms with van der Waals surface area (Å²) in [6.07, 6.45) is 1.95. The van der Waals surface area contributed by atoms with Gasteiger partial charge in [0.05, 0.1) is 17.7 Å². The molecule has 1 amide bonds. The molecule has 1 aliphatic heterocycles. The number of aryl methyl sites for hydroxylation is 2. The van der Waals surface area contributed by atoms with E-state index in [2.05, 4.69) is 66.3 Å². The first-order valence-corrected chi connectivity index (χ1v) is 11.2. The summed E-state index contributed by atoms with van der Waals surface area (Å²) in [4.78, 5) is 13.3. The Labute approximate surface area is 191 Å². The Hall–Kier alpha value is -2.83. The third-order valence-electron chi connectivity index (χ3n) is 5.23. The second kappa shape index (κ2) is 8.73. The third kappa shape index (κ3) is 4.45. The summed E-state index contributed by atoms with van der Waals surface area (Å²) in [7, 11) is 1.60. The first-order valence-electron chi connectivity index (χ1n) is 9.91. The lowest BCUT2D eigenvalue weighted by atomic mass is 10.2. The number of anilines is 1. The summed E-state index contributed by atoms with van der Waals surface area (Å²) in [5.41, 5.74) is 5.99. The van der Waals surface area contributed by atoms with Gasteiger partial charge in [-0.05, 0) is 68.8 Å². The van der Waals surface area contributed by atoms with Crippen LogP contribution in [-0.2, 0) is 4.79 Å². The van der Waals surface area contributed by atoms with Gasteiger partial charge in [0.2, 0.25) is 0 Å². The molecule has 0 bridgehead atoms. The molecule has 1 atom stereocenters. The van der Waals surface area contributed by atoms with Crippen LogP contribution < -0.4 is 15.4 Å². The summed E-state index contributed by atoms with van der Waals surface area (Å²) in [5.74, 6) is 0.557. The molecule has 160 valence electrons. The van der Waals surface area contributed by atoms with Crippen LogP contribution in [0.2, 0.25) is 5.02 Å². The molecular formula is C24H24ClN3O2S. The van der Waals surface area contributed by atoms with E-state index in [4.69, 9.17) is 16.3 Å². The maximum Gasteiger partial charge on any atom is 0.260 e. The van der Waals surface area contributed by atoms with Crippen molar-refractivity contribution in [2.75, 3.05) is 12.4 Å². The van der Waals surface area contributed by atoms with E-state index >= 15 is 0 Å². The number of ether oxygens (including phenoxy) is 1. The lowest BCUT2D eigenvalue weighted by Gasteiger charge is -2.15. The SMILES string of the molecule is COc1ccc(Cl)cc1NC1NC(=O)/C(=C/c2cc(C)n(-c3ccc(C)cc3)c2C)S1. The van der Waals surface area contributed by atoms with Crippen molar-refractivity contribution in [2.24, 2.45) is 0 Å². The van der Waals surface area contributed by atoms with Crippen molar-refractivity contribution < 1.29 is 9.53 Å². The van der Waals surface area contributed by atoms with Crippen LogP contribution >= 0.6 is 23.4 Å². The number of thioether (sulfide) groups is 1. The van der Waals surface area contributed by atoms with Crippen LogP contribution in [0.25, 0.3) is 11.8 Å². The third-order valence-corrected chi connectivity index (χ3v) is 6.49. The number of aromatic nitrogens is 1. The minimum absolute atomic E-state index is 0.108. The van der Waals surface area contributed by atoms with Gasteiger partial charge in [0.1, 0.15) is 5.75 Å². The molecule has 1 unspecified atom stereocenters. The molecule has 5 nitrogen and oxygen atoms in total. The molecule has 1 fully saturated rings. The quantitative estimate of drug-likeness (QED) is 0.489. The molecule has 2 N–H and O–H groups in total. The lowest BCUT2D eigenvalue weighted by Crippen LogP contribution is -2.31. The molecule has 0 radical (unpaired) electrons. The molecule has 3 aromatic rings. The van der Waals surface area contributed by atoms with Crippen LogP contribution in [0, 0.1) is 20.8 Å². The van der Waals surface area contributed by atoms with Gasteiger partial charge in [-0.2, -0.15) is 0 Å². The molecule has 0 spiro atoms. The average molecular weight is 454 g/mol. The predicted octanol–water partition coefficient (Wildman–Crippen LogP) is 5.66. The number of nitrogens with zero attached hydrogens (tertiary/aromatic N) is 1. The normalized spacial score (nSPS) is 17.1. The Morgan fingerprint density at radius 1 is 1.13 bits per heavy atom. The minimum atomic E-state index is -0.313. The smallest absolute Gasteiger partial charge is 0.260 e. The topological polar surface area (TPSA) is 55.3 Å². The van der Waals surface area contributed by atoms with E-state index in [1.54, 1.807) is 25.3 Å². The highest BCUT2D eigenvalue weighted by Gasteiger charge is 2.28. The molecular weight excluding hydrogens is 430 g/mol. The van der Waals surface area contributed by atoms with Gasteiger partial charge in [-0.1, -0.05) is 41.1 Å². The molecule has 31 heavy (non-hydrogen) atoms. The fraction of sp³-hybridized carbons (Fsp3) is 0.208. The fourth-order valence-electron chi connectivity index (χ4n) is 3.67. The van der Waals surface area contributed by atoms with Crippen LogP contribution in [0.5, 0.6) is 5.75 Å². The highest BCUT2D eigenvalue weighted by molar-refractivity contribution is 8.05. The van der Waals surface area contributed by atoms with Crippen molar-refractivity contribution in [3.8, 4) is 11.4 Å². The van der Waals surface area contributed by atoms with Gasteiger partial charge in [0.25, 0.3) is 5.91 Å². The van der Waals surface area contributed by atoms with E-state index in [-0.39, 0.29) is 11.4 Å². The van der Waals surface area contributed by atoms with Gasteiger partial charge in [-0.15, -0.1) is 0 Å². The number of carbonyl (C=O) groups excluding carboxylic acids is 1. The van der Waals surface area contributed by atoms with E-state index < -0.39 is 0 Å². The second-order valence-electron chi connectivity index (χ2n) is 7.47. The molecule has 1 aliphatic rings. The Morgan fingerprint density at radius 3 is 2.58 bits per heavy atom. The zero-order chi connectivity index (χ0) is 22.1. The van der Waals surface area contributed by atoms with Crippen molar-refractivity contribution in [3.05, 3.63) is 81.0 Å². The van der Waals surface area contributed by atoms with Crippen LogP contribution in [-0.4, -0.2) is 23.1 Å². The largest absolute Gasteiger partial charge is 0.495 e. The maximum atomic E-state index is 12.6. The second-order valence-corrected chi connectivity index (χ2v) is 9.05. The van der Waals surface area contributed by atoms with E-state index in [1.807, 2.05) is 6.08 Å². The first kappa shape index (κ1) is 21.4. The zero-order valence-electron chi connectivity index (χ0n) is 17.8. The molecule has 2 heterocycles. The van der Waals surface area contributed by atoms with Gasteiger partial charge in [-0.25, -0.2) is 0 Å². The highest BCUT2D eigenvalue weighted by atomic mass is 35.5. The van der Waals surface area contributed by atoms with Crippen LogP contribution in [0.1, 0.15) is 22.5 Å². The standard InChI is InChI=1S/C24H24ClN3O2S/c1-14-5-8-19(9-6-14)28-15(2)11-17(16(28)3)12-22-23(29)27-24(31-22)26-20-13-18(25)7-10-21(20)30-4/h5-13,24,26H,1-4H3,(H,27,29)/b22-12-. The number of carbonyl (C=O) groups is 1. The van der Waals surface area contributed by atoms with Crippen molar-refractivity contribution in [2.45, 2.75) is 26.3 Å². The summed E-state index contributed by atoms with van der Waals surface area (Å²) in [6, 6.07) is 15.9. The fourth-order valence-corrected chi connectivity index (χ4v) is 4.80. The summed E-state index contributed by atoms with van der Waals surface area (Å²) in [6.45, 7) is 6.23. The Bertz CT molecular complexity index is 1170. The van der Waals surface area contributed by atoms with Crippen LogP contribution in [0.4, 0.5) is 5.69 Å². The van der Waals surface area contributed by atoms with Crippen LogP contribution in [0.3, 0.4) is 0 Å². The first-order chi connectivity index (χ1) is 14.9. The maximum absolute atomic E-state index is 12.6. The Balaban J connectivity index is 1.58. The highest BCUT2D eigenvalue weighted by Crippen LogP contribution is 2.35. The number of rotatable bonds is 5. The molecule has 4 rings (SSSR count). The number of halogens is 1. The number of hydrogen-bond acceptors (Lipinski definition) is 4. The average Bonchev–Trinajstić information content (AvgIpc) is 3.21. The van der Waals surface area contributed by atoms with E-state index in [0.29, 0.717) is 15.7 Å². The van der Waals surface area contributed by atoms with Gasteiger partial charge >= 0.3 is 0 Å². The molecule has 1 saturated heterocycles. The van der Waals surface area contributed by atoms with Gasteiger partial charge in [0, 0.05) is 22.1 Å². The number of nitrogens with one attached hydrogen (secondary N) is 2. The van der Waals surface area contributed by atoms with E-state index in [9.17, 15) is 4.79 Å². The molecule has 0 aliphatic carbocycles. The number of methoxy groups -OCH3 is 1. The predicted molar refractivity (Wildman–Crippen MR) is 129 cm³/mol. The number of hydrogen-bond donors (Lipinski definition) is 2. The van der Waals surface area contributed by atoms with E-state index in [0.717, 1.165) is 28.3 Å². The van der Waals surface area contributed by atoms with Crippen molar-refractivity contribution >= 4 is 41.0 Å². The molecule has 2 aromatic carbocycles.